The van der Waals surface area contributed by atoms with Gasteiger partial charge in [0.2, 0.25) is 5.91 Å². The molecule has 1 aromatic heterocycles. The fourth-order valence-corrected chi connectivity index (χ4v) is 3.77. The van der Waals surface area contributed by atoms with Crippen molar-refractivity contribution >= 4 is 17.8 Å². The molecule has 1 saturated heterocycles. The number of carboxylic acids is 1. The fraction of sp³-hybridized carbons (Fsp3) is 0.667. The van der Waals surface area contributed by atoms with Crippen LogP contribution in [0.2, 0.25) is 0 Å². The summed E-state index contributed by atoms with van der Waals surface area (Å²) in [5, 5.41) is 16.3. The minimum absolute atomic E-state index is 0.0849. The summed E-state index contributed by atoms with van der Waals surface area (Å²) in [4.78, 5) is 37.4. The number of nitrogens with zero attached hydrogens (tertiary/aromatic N) is 3. The highest BCUT2D eigenvalue weighted by atomic mass is 16.4. The van der Waals surface area contributed by atoms with Crippen LogP contribution in [0.1, 0.15) is 55.3 Å². The molecule has 0 aromatic carbocycles. The second kappa shape index (κ2) is 8.33. The Labute approximate surface area is 152 Å². The highest BCUT2D eigenvalue weighted by Gasteiger charge is 2.29. The molecule has 26 heavy (non-hydrogen) atoms. The van der Waals surface area contributed by atoms with Crippen LogP contribution in [0.4, 0.5) is 0 Å². The lowest BCUT2D eigenvalue weighted by Gasteiger charge is -2.30. The molecule has 8 heteroatoms. The van der Waals surface area contributed by atoms with Gasteiger partial charge in [0.05, 0.1) is 17.7 Å². The van der Waals surface area contributed by atoms with Gasteiger partial charge in [-0.3, -0.25) is 19.1 Å². The topological polar surface area (TPSA) is 105 Å². The minimum atomic E-state index is -0.863. The zero-order valence-electron chi connectivity index (χ0n) is 14.9. The van der Waals surface area contributed by atoms with E-state index in [0.717, 1.165) is 25.7 Å². The number of nitrogens with one attached hydrogen (secondary N) is 1. The summed E-state index contributed by atoms with van der Waals surface area (Å²) in [6, 6.07) is 0.245. The van der Waals surface area contributed by atoms with Crippen LogP contribution in [-0.4, -0.2) is 56.7 Å². The standard InChI is InChI=1S/C18H26N4O4/c23-16(20-15-6-2-1-3-7-15)12-22-11-14(9-19-22)17(24)21-8-4-5-13(10-21)18(25)26/h9,11,13,15H,1-8,10,12H2,(H,20,23)(H,25,26)/t13-/m0/s1. The van der Waals surface area contributed by atoms with E-state index >= 15 is 0 Å². The number of rotatable bonds is 5. The van der Waals surface area contributed by atoms with E-state index in [9.17, 15) is 14.4 Å². The molecule has 1 aliphatic carbocycles. The van der Waals surface area contributed by atoms with Crippen molar-refractivity contribution in [2.75, 3.05) is 13.1 Å². The lowest BCUT2D eigenvalue weighted by molar-refractivity contribution is -0.143. The first-order valence-corrected chi connectivity index (χ1v) is 9.37. The van der Waals surface area contributed by atoms with Crippen LogP contribution in [0.5, 0.6) is 0 Å². The van der Waals surface area contributed by atoms with Crippen molar-refractivity contribution in [3.05, 3.63) is 18.0 Å². The van der Waals surface area contributed by atoms with E-state index in [2.05, 4.69) is 10.4 Å². The summed E-state index contributed by atoms with van der Waals surface area (Å²) in [7, 11) is 0. The van der Waals surface area contributed by atoms with Gasteiger partial charge in [0.25, 0.3) is 5.91 Å². The van der Waals surface area contributed by atoms with E-state index in [1.54, 1.807) is 11.1 Å². The van der Waals surface area contributed by atoms with Crippen molar-refractivity contribution in [3.8, 4) is 0 Å². The van der Waals surface area contributed by atoms with Gasteiger partial charge in [-0.15, -0.1) is 0 Å². The number of carbonyl (C=O) groups excluding carboxylic acids is 2. The Morgan fingerprint density at radius 1 is 1.15 bits per heavy atom. The molecule has 1 saturated carbocycles. The van der Waals surface area contributed by atoms with E-state index < -0.39 is 11.9 Å². The van der Waals surface area contributed by atoms with Gasteiger partial charge < -0.3 is 15.3 Å². The molecule has 142 valence electrons. The van der Waals surface area contributed by atoms with Gasteiger partial charge in [0.15, 0.2) is 0 Å². The average Bonchev–Trinajstić information content (AvgIpc) is 3.10. The van der Waals surface area contributed by atoms with Crippen molar-refractivity contribution < 1.29 is 19.5 Å². The predicted molar refractivity (Wildman–Crippen MR) is 93.5 cm³/mol. The van der Waals surface area contributed by atoms with Gasteiger partial charge in [-0.2, -0.15) is 5.10 Å². The van der Waals surface area contributed by atoms with E-state index in [-0.39, 0.29) is 30.9 Å². The molecule has 8 nitrogen and oxygen atoms in total. The molecule has 0 bridgehead atoms. The number of carboxylic acid groups (broad SMARTS) is 1. The molecule has 0 unspecified atom stereocenters. The second-order valence-electron chi connectivity index (χ2n) is 7.26. The normalized spacial score (nSPS) is 21.4. The van der Waals surface area contributed by atoms with Gasteiger partial charge >= 0.3 is 5.97 Å². The van der Waals surface area contributed by atoms with Gasteiger partial charge in [0, 0.05) is 25.3 Å². The fourth-order valence-electron chi connectivity index (χ4n) is 3.77. The molecule has 3 rings (SSSR count). The van der Waals surface area contributed by atoms with Crippen LogP contribution in [0.15, 0.2) is 12.4 Å². The first-order chi connectivity index (χ1) is 12.5. The Morgan fingerprint density at radius 3 is 2.65 bits per heavy atom. The lowest BCUT2D eigenvalue weighted by Crippen LogP contribution is -2.42. The van der Waals surface area contributed by atoms with Crippen molar-refractivity contribution in [3.63, 3.8) is 0 Å². The molecule has 1 aromatic rings. The molecule has 2 amide bonds. The SMILES string of the molecule is O=C(Cn1cc(C(=O)N2CCC[C@H](C(=O)O)C2)cn1)NC1CCCCC1. The number of hydrogen-bond donors (Lipinski definition) is 2. The van der Waals surface area contributed by atoms with Crippen molar-refractivity contribution in [1.29, 1.82) is 0 Å². The van der Waals surface area contributed by atoms with Crippen molar-refractivity contribution in [2.24, 2.45) is 5.92 Å². The highest BCUT2D eigenvalue weighted by Crippen LogP contribution is 2.19. The molecule has 1 aliphatic heterocycles. The van der Waals surface area contributed by atoms with Gasteiger partial charge in [-0.25, -0.2) is 0 Å². The van der Waals surface area contributed by atoms with Gasteiger partial charge in [-0.05, 0) is 25.7 Å². The molecule has 2 fully saturated rings. The molecule has 2 heterocycles. The zero-order valence-corrected chi connectivity index (χ0v) is 14.9. The average molecular weight is 362 g/mol. The number of carbonyl (C=O) groups is 3. The molecule has 2 N–H and O–H groups in total. The Bertz CT molecular complexity index is 666. The van der Waals surface area contributed by atoms with Crippen LogP contribution in [0.3, 0.4) is 0 Å². The number of aromatic nitrogens is 2. The monoisotopic (exact) mass is 362 g/mol. The number of likely N-dealkylation sites (tertiary alicyclic amines) is 1. The first-order valence-electron chi connectivity index (χ1n) is 9.37. The second-order valence-corrected chi connectivity index (χ2v) is 7.26. The van der Waals surface area contributed by atoms with Crippen LogP contribution in [0.25, 0.3) is 0 Å². The highest BCUT2D eigenvalue weighted by molar-refractivity contribution is 5.94. The lowest BCUT2D eigenvalue weighted by atomic mass is 9.95. The smallest absolute Gasteiger partial charge is 0.308 e. The number of hydrogen-bond acceptors (Lipinski definition) is 4. The molecular weight excluding hydrogens is 336 g/mol. The van der Waals surface area contributed by atoms with Gasteiger partial charge in [-0.1, -0.05) is 19.3 Å². The van der Waals surface area contributed by atoms with E-state index in [0.29, 0.717) is 24.9 Å². The molecule has 0 radical (unpaired) electrons. The Balaban J connectivity index is 1.54. The third kappa shape index (κ3) is 4.62. The van der Waals surface area contributed by atoms with E-state index in [1.165, 1.54) is 17.3 Å². The molecular formula is C18H26N4O4. The van der Waals surface area contributed by atoms with Crippen LogP contribution >= 0.6 is 0 Å². The Hall–Kier alpha value is -2.38. The number of amides is 2. The maximum absolute atomic E-state index is 12.6. The van der Waals surface area contributed by atoms with Crippen molar-refractivity contribution in [2.45, 2.75) is 57.5 Å². The van der Waals surface area contributed by atoms with Crippen LogP contribution in [-0.2, 0) is 16.1 Å². The summed E-state index contributed by atoms with van der Waals surface area (Å²) < 4.78 is 1.46. The van der Waals surface area contributed by atoms with Crippen LogP contribution < -0.4 is 5.32 Å². The van der Waals surface area contributed by atoms with Crippen LogP contribution in [0, 0.1) is 5.92 Å². The zero-order chi connectivity index (χ0) is 18.5. The van der Waals surface area contributed by atoms with Gasteiger partial charge in [0.1, 0.15) is 6.54 Å². The summed E-state index contributed by atoms with van der Waals surface area (Å²) in [5.41, 5.74) is 0.390. The number of piperidine rings is 1. The van der Waals surface area contributed by atoms with E-state index in [1.807, 2.05) is 0 Å². The Morgan fingerprint density at radius 2 is 1.92 bits per heavy atom. The number of aliphatic carboxylic acids is 1. The maximum Gasteiger partial charge on any atom is 0.308 e. The summed E-state index contributed by atoms with van der Waals surface area (Å²) >= 11 is 0. The molecule has 2 aliphatic rings. The Kier molecular flexibility index (Phi) is 5.90. The molecule has 1 atom stereocenters. The quantitative estimate of drug-likeness (QED) is 0.821. The third-order valence-corrected chi connectivity index (χ3v) is 5.21. The predicted octanol–water partition coefficient (Wildman–Crippen LogP) is 1.27. The largest absolute Gasteiger partial charge is 0.481 e. The molecule has 0 spiro atoms. The minimum Gasteiger partial charge on any atom is -0.481 e. The first kappa shape index (κ1) is 18.4. The third-order valence-electron chi connectivity index (χ3n) is 5.21. The summed E-state index contributed by atoms with van der Waals surface area (Å²) in [5.74, 6) is -1.70. The van der Waals surface area contributed by atoms with E-state index in [4.69, 9.17) is 5.11 Å². The summed E-state index contributed by atoms with van der Waals surface area (Å²) in [6.07, 6.45) is 9.87. The summed E-state index contributed by atoms with van der Waals surface area (Å²) in [6.45, 7) is 0.860. The van der Waals surface area contributed by atoms with Crippen molar-refractivity contribution in [1.82, 2.24) is 20.0 Å². The maximum atomic E-state index is 12.6.